The van der Waals surface area contributed by atoms with Crippen LogP contribution in [0.25, 0.3) is 0 Å². The van der Waals surface area contributed by atoms with Gasteiger partial charge in [0.15, 0.2) is 11.5 Å². The second-order valence-electron chi connectivity index (χ2n) is 40.0. The van der Waals surface area contributed by atoms with Crippen LogP contribution in [-0.4, -0.2) is 147 Å². The number of fused-ring (bicyclic) bond motifs is 3. The van der Waals surface area contributed by atoms with E-state index in [1.54, 1.807) is 22.3 Å². The Morgan fingerprint density at radius 1 is 0.395 bits per heavy atom. The van der Waals surface area contributed by atoms with Gasteiger partial charge in [-0.25, -0.2) is 0 Å². The summed E-state index contributed by atoms with van der Waals surface area (Å²) in [5.41, 5.74) is 16.0. The molecule has 598 valence electrons. The molecule has 16 unspecified atom stereocenters. The number of aromatic hydroxyl groups is 1. The molecule has 15 fully saturated rings. The summed E-state index contributed by atoms with van der Waals surface area (Å²) in [5.74, 6) is 11.9. The molecule has 18 atom stereocenters. The normalized spacial score (nSPS) is 37.2. The van der Waals surface area contributed by atoms with E-state index in [2.05, 4.69) is 240 Å². The Bertz CT molecular complexity index is 4690. The fraction of sp³-hybridized carbons (Fsp3) is 0.580. The molecule has 0 radical (unpaired) electrons. The highest BCUT2D eigenvalue weighted by molar-refractivity contribution is 9.69. The molecule has 14 heteroatoms. The van der Waals surface area contributed by atoms with Crippen molar-refractivity contribution in [2.45, 2.75) is 220 Å². The average Bonchev–Trinajstić information content (AvgIpc) is 0.898. The van der Waals surface area contributed by atoms with E-state index in [0.717, 1.165) is 115 Å². The van der Waals surface area contributed by atoms with Crippen molar-refractivity contribution in [2.24, 2.45) is 69.5 Å². The third-order valence-corrected chi connectivity index (χ3v) is 35.5. The number of methoxy groups -OCH3 is 2. The van der Waals surface area contributed by atoms with Gasteiger partial charge in [-0.1, -0.05) is 127 Å². The number of halogens is 3. The average molecular weight is 1720 g/mol. The van der Waals surface area contributed by atoms with Crippen molar-refractivity contribution in [3.63, 3.8) is 0 Å². The Morgan fingerprint density at radius 3 is 1.30 bits per heavy atom. The molecule has 9 saturated carbocycles. The lowest BCUT2D eigenvalue weighted by molar-refractivity contribution is -0.165. The van der Waals surface area contributed by atoms with E-state index in [4.69, 9.17) is 14.2 Å². The molecular formula is C100H120BBr3N6O4. The third-order valence-electron chi connectivity index (χ3n) is 35.5. The van der Waals surface area contributed by atoms with Crippen molar-refractivity contribution in [1.29, 1.82) is 0 Å². The number of phenols is 1. The minimum absolute atomic E-state index is 0.140. The Kier molecular flexibility index (Phi) is 19.4. The van der Waals surface area contributed by atoms with Crippen LogP contribution in [0.4, 0.5) is 0 Å². The SMILES string of the molecule is BrB(Br)Br.COc1ccc2c(c1)C13CCN(CC4CC4)C(C2)C12CCC1CN(Cc4ccccc4)C(CC2)C13.COc1ccc2c(c1Oc1ccccc1)C13CCN(CC4CC4)C(C2)C12CCC1C3[C@H](CC2)CN1Cc1ccccc1.Oc1ccc2c(c1)C13CCN(CC4CC4)C(C2)C12CCC1C3[C@@H](CN1Cc1ccccc1)C2. The molecule has 6 heterocycles. The zero-order valence-electron chi connectivity index (χ0n) is 67.6. The van der Waals surface area contributed by atoms with Gasteiger partial charge in [0.2, 0.25) is 0 Å². The number of phenolic OH excluding ortho intramolecular Hbond substituents is 1. The van der Waals surface area contributed by atoms with Gasteiger partial charge in [-0.2, -0.15) is 0 Å². The van der Waals surface area contributed by atoms with Gasteiger partial charge in [0.05, 0.1) is 14.2 Å². The largest absolute Gasteiger partial charge is 0.508 e. The van der Waals surface area contributed by atoms with Gasteiger partial charge >= 0.3 is 3.18 Å². The zero-order valence-corrected chi connectivity index (χ0v) is 72.4. The van der Waals surface area contributed by atoms with Gasteiger partial charge in [0.25, 0.3) is 0 Å². The van der Waals surface area contributed by atoms with E-state index in [1.807, 2.05) is 20.3 Å². The maximum Gasteiger partial charge on any atom is 0.369 e. The first-order valence-electron chi connectivity index (χ1n) is 45.2. The van der Waals surface area contributed by atoms with Crippen molar-refractivity contribution in [3.8, 4) is 28.7 Å². The number of nitrogens with zero attached hydrogens (tertiary/aromatic N) is 6. The fourth-order valence-corrected chi connectivity index (χ4v) is 31.5. The maximum absolute atomic E-state index is 10.6. The molecule has 6 saturated heterocycles. The van der Waals surface area contributed by atoms with Crippen LogP contribution in [0.2, 0.25) is 0 Å². The van der Waals surface area contributed by atoms with Crippen molar-refractivity contribution in [1.82, 2.24) is 29.4 Å². The second-order valence-corrected chi connectivity index (χ2v) is 46.4. The molecule has 7 aromatic rings. The molecule has 25 rings (SSSR count). The van der Waals surface area contributed by atoms with Crippen molar-refractivity contribution >= 4 is 50.5 Å². The Balaban J connectivity index is 0.000000103. The fourth-order valence-electron chi connectivity index (χ4n) is 31.5. The van der Waals surface area contributed by atoms with Gasteiger partial charge in [-0.3, -0.25) is 29.4 Å². The number of piperidine rings is 3. The minimum atomic E-state index is 0.140. The lowest BCUT2D eigenvalue weighted by Gasteiger charge is -2.72. The molecule has 18 aliphatic rings. The van der Waals surface area contributed by atoms with Crippen LogP contribution in [0.3, 0.4) is 0 Å². The van der Waals surface area contributed by atoms with E-state index >= 15 is 0 Å². The Morgan fingerprint density at radius 2 is 0.798 bits per heavy atom. The zero-order chi connectivity index (χ0) is 76.5. The predicted octanol–water partition coefficient (Wildman–Crippen LogP) is 20.2. The summed E-state index contributed by atoms with van der Waals surface area (Å²) < 4.78 is 19.2. The number of hydrogen-bond donors (Lipinski definition) is 1. The topological polar surface area (TPSA) is 67.4 Å². The smallest absolute Gasteiger partial charge is 0.369 e. The highest BCUT2D eigenvalue weighted by Gasteiger charge is 2.78. The molecule has 1 N–H and O–H groups in total. The van der Waals surface area contributed by atoms with Crippen LogP contribution in [-0.2, 0) is 55.1 Å². The first-order chi connectivity index (χ1) is 55.8. The summed E-state index contributed by atoms with van der Waals surface area (Å²) in [6.45, 7) is 15.0. The quantitative estimate of drug-likeness (QED) is 0.0947. The van der Waals surface area contributed by atoms with Gasteiger partial charge < -0.3 is 19.3 Å². The predicted molar refractivity (Wildman–Crippen MR) is 468 cm³/mol. The summed E-state index contributed by atoms with van der Waals surface area (Å²) in [6, 6.07) is 66.5. The van der Waals surface area contributed by atoms with Crippen LogP contribution in [0, 0.1) is 69.5 Å². The molecule has 12 aliphatic carbocycles. The number of hydrogen-bond acceptors (Lipinski definition) is 10. The van der Waals surface area contributed by atoms with Gasteiger partial charge in [0.1, 0.15) is 17.2 Å². The number of para-hydroxylation sites is 1. The molecule has 0 spiro atoms. The Hall–Kier alpha value is -5.00. The van der Waals surface area contributed by atoms with Gasteiger partial charge in [-0.05, 0) is 324 Å². The number of benzene rings is 7. The maximum atomic E-state index is 10.6. The molecule has 7 aromatic carbocycles. The van der Waals surface area contributed by atoms with Crippen molar-refractivity contribution < 1.29 is 19.3 Å². The first kappa shape index (κ1) is 75.2. The molecule has 114 heavy (non-hydrogen) atoms. The van der Waals surface area contributed by atoms with Crippen LogP contribution in [0.15, 0.2) is 170 Å². The molecular weight excluding hydrogens is 1600 g/mol. The standard InChI is InChI=1S/C38H44N2O2.C32H40N2O.C30H36N2O.BBr3/c1-41-32-15-14-28-22-33-37-18-16-29-25-40(24-26-8-4-2-5-9-26)31(17-19-37)34(29)38(37,20-21-39(33)23-27-12-13-27)35(28)36(32)42-30-10-6-3-7-11-30;1-35-26-10-9-24-17-29-31-13-11-25-21-34(20-22-5-3-2-4-6-22)28(12-14-31)30(25)32(31,27(24)18-26)15-16-33(29)19-23-7-8-23;33-24-9-8-22-14-27-29-11-10-26-28(23(16-29)19-32(26)18-20-4-2-1-3-5-20)30(29,25(22)15-24)12-13-31(27)17-21-6-7-21;2-1(3)4/h2-11,14-15,27,29,31,33-34H,12-13,16-25H2,1H3;2-6,9-10,18,23,25,28-30H,7-8,11-17,19-21H2,1H3;1-5,8-9,15,21,23,26-28,33H,6-7,10-14,16-19H2;/t29-,31?,33?,34?,37?,38?;;23-,26?,27?,28?,29?,30?;/m1.1./s1. The second kappa shape index (κ2) is 29.4. The van der Waals surface area contributed by atoms with Crippen molar-refractivity contribution in [3.05, 3.63) is 220 Å². The van der Waals surface area contributed by atoms with E-state index in [1.165, 1.54) is 228 Å². The molecule has 10 nitrogen and oxygen atoms in total. The summed E-state index contributed by atoms with van der Waals surface area (Å²) in [6.07, 6.45) is 31.6. The van der Waals surface area contributed by atoms with Crippen LogP contribution >= 0.6 is 47.3 Å². The first-order valence-corrected chi connectivity index (χ1v) is 48.0. The van der Waals surface area contributed by atoms with Crippen LogP contribution in [0.5, 0.6) is 28.7 Å². The number of ether oxygens (including phenoxy) is 3. The summed E-state index contributed by atoms with van der Waals surface area (Å²) >= 11 is 9.31. The molecule has 12 bridgehead atoms. The number of likely N-dealkylation sites (tertiary alicyclic amines) is 6. The summed E-state index contributed by atoms with van der Waals surface area (Å²) in [4.78, 5) is 17.6. The third kappa shape index (κ3) is 12.0. The van der Waals surface area contributed by atoms with Crippen LogP contribution < -0.4 is 14.2 Å². The van der Waals surface area contributed by atoms with E-state index < -0.39 is 0 Å². The summed E-state index contributed by atoms with van der Waals surface area (Å²) in [5, 5.41) is 10.6. The molecule has 6 aliphatic heterocycles. The lowest BCUT2D eigenvalue weighted by Crippen LogP contribution is -2.74. The van der Waals surface area contributed by atoms with Gasteiger partial charge in [0, 0.05) is 117 Å². The van der Waals surface area contributed by atoms with Crippen molar-refractivity contribution in [2.75, 3.05) is 73.1 Å². The molecule has 0 aromatic heterocycles. The monoisotopic (exact) mass is 1720 g/mol. The Labute approximate surface area is 704 Å². The summed E-state index contributed by atoms with van der Waals surface area (Å²) in [7, 11) is 3.68. The van der Waals surface area contributed by atoms with E-state index in [0.29, 0.717) is 51.5 Å². The molecule has 0 amide bonds. The minimum Gasteiger partial charge on any atom is -0.508 e. The van der Waals surface area contributed by atoms with E-state index in [9.17, 15) is 5.11 Å². The highest BCUT2D eigenvalue weighted by Crippen LogP contribution is 2.79. The highest BCUT2D eigenvalue weighted by atomic mass is 79.9. The number of rotatable bonds is 16. The van der Waals surface area contributed by atoms with E-state index in [-0.39, 0.29) is 14.0 Å². The van der Waals surface area contributed by atoms with Crippen LogP contribution in [0.1, 0.15) is 178 Å². The lowest BCUT2D eigenvalue weighted by atomic mass is 9.35. The van der Waals surface area contributed by atoms with Gasteiger partial charge in [-0.15, -0.1) is 47.3 Å².